The highest BCUT2D eigenvalue weighted by Gasteiger charge is 2.38. The van der Waals surface area contributed by atoms with E-state index < -0.39 is 12.0 Å². The van der Waals surface area contributed by atoms with Crippen molar-refractivity contribution in [1.29, 1.82) is 0 Å². The Bertz CT molecular complexity index is 1510. The lowest BCUT2D eigenvalue weighted by Crippen LogP contribution is -2.15. The van der Waals surface area contributed by atoms with Gasteiger partial charge in [-0.05, 0) is 60.7 Å². The maximum absolute atomic E-state index is 14.0. The lowest BCUT2D eigenvalue weighted by Gasteiger charge is -2.17. The number of ether oxygens (including phenoxy) is 3. The molecule has 0 saturated carbocycles. The Morgan fingerprint density at radius 3 is 2.66 bits per heavy atom. The normalized spacial score (nSPS) is 14.8. The number of alkyl halides is 3. The third-order valence-corrected chi connectivity index (χ3v) is 7.06. The van der Waals surface area contributed by atoms with Gasteiger partial charge in [-0.25, -0.2) is 4.98 Å². The van der Waals surface area contributed by atoms with Gasteiger partial charge < -0.3 is 14.2 Å². The molecule has 2 heterocycles. The molecule has 0 saturated heterocycles. The molecule has 1 aliphatic heterocycles. The molecule has 3 aromatic carbocycles. The van der Waals surface area contributed by atoms with E-state index in [1.165, 1.54) is 24.9 Å². The van der Waals surface area contributed by atoms with E-state index in [1.807, 2.05) is 31.2 Å². The zero-order valence-electron chi connectivity index (χ0n) is 21.3. The quantitative estimate of drug-likeness (QED) is 0.270. The number of rotatable bonds is 7. The van der Waals surface area contributed by atoms with E-state index in [9.17, 15) is 18.0 Å². The van der Waals surface area contributed by atoms with E-state index in [2.05, 4.69) is 4.98 Å². The molecule has 38 heavy (non-hydrogen) atoms. The van der Waals surface area contributed by atoms with E-state index >= 15 is 0 Å². The van der Waals surface area contributed by atoms with Crippen LogP contribution in [0.3, 0.4) is 0 Å². The summed E-state index contributed by atoms with van der Waals surface area (Å²) in [5, 5.41) is 0. The molecule has 5 rings (SSSR count). The summed E-state index contributed by atoms with van der Waals surface area (Å²) in [6, 6.07) is 16.1. The van der Waals surface area contributed by atoms with E-state index in [-0.39, 0.29) is 23.8 Å². The molecule has 0 bridgehead atoms. The Kier molecular flexibility index (Phi) is 6.77. The summed E-state index contributed by atoms with van der Waals surface area (Å²) in [7, 11) is 2.83. The van der Waals surface area contributed by atoms with E-state index in [1.54, 1.807) is 24.3 Å². The fourth-order valence-corrected chi connectivity index (χ4v) is 5.01. The maximum atomic E-state index is 14.0. The van der Waals surface area contributed by atoms with Crippen LogP contribution in [0.1, 0.15) is 40.4 Å². The summed E-state index contributed by atoms with van der Waals surface area (Å²) >= 11 is 0. The van der Waals surface area contributed by atoms with Crippen LogP contribution in [0.5, 0.6) is 11.5 Å². The molecule has 6 nitrogen and oxygen atoms in total. The van der Waals surface area contributed by atoms with Gasteiger partial charge in [0.15, 0.2) is 0 Å². The summed E-state index contributed by atoms with van der Waals surface area (Å²) in [5.41, 5.74) is 4.73. The van der Waals surface area contributed by atoms with Crippen LogP contribution in [0.15, 0.2) is 54.6 Å². The van der Waals surface area contributed by atoms with Crippen LogP contribution in [-0.4, -0.2) is 36.3 Å². The number of carbonyl (C=O) groups is 1. The van der Waals surface area contributed by atoms with Gasteiger partial charge in [-0.3, -0.25) is 9.36 Å². The van der Waals surface area contributed by atoms with Gasteiger partial charge in [0.1, 0.15) is 11.5 Å². The highest BCUT2D eigenvalue weighted by Crippen LogP contribution is 2.38. The topological polar surface area (TPSA) is 62.6 Å². The summed E-state index contributed by atoms with van der Waals surface area (Å²) in [4.78, 5) is 15.6. The monoisotopic (exact) mass is 524 g/mol. The number of halogens is 3. The minimum absolute atomic E-state index is 0.0294. The Morgan fingerprint density at radius 2 is 1.92 bits per heavy atom. The van der Waals surface area contributed by atoms with Crippen molar-refractivity contribution >= 4 is 17.0 Å². The summed E-state index contributed by atoms with van der Waals surface area (Å²) in [5.74, 6) is -0.0748. The van der Waals surface area contributed by atoms with Gasteiger partial charge in [-0.1, -0.05) is 24.3 Å². The molecule has 0 spiro atoms. The van der Waals surface area contributed by atoms with Crippen molar-refractivity contribution in [2.45, 2.75) is 38.3 Å². The number of hydrogen-bond donors (Lipinski definition) is 0. The third kappa shape index (κ3) is 4.80. The van der Waals surface area contributed by atoms with Crippen molar-refractivity contribution in [3.8, 4) is 17.2 Å². The van der Waals surface area contributed by atoms with Crippen molar-refractivity contribution in [1.82, 2.24) is 9.55 Å². The number of aromatic nitrogens is 2. The van der Waals surface area contributed by atoms with Gasteiger partial charge in [-0.15, -0.1) is 0 Å². The Labute approximate surface area is 218 Å². The zero-order chi connectivity index (χ0) is 27.0. The van der Waals surface area contributed by atoms with Gasteiger partial charge in [0.25, 0.3) is 0 Å². The predicted molar refractivity (Wildman–Crippen MR) is 136 cm³/mol. The van der Waals surface area contributed by atoms with Crippen molar-refractivity contribution in [2.24, 2.45) is 0 Å². The molecular weight excluding hydrogens is 497 g/mol. The largest absolute Gasteiger partial charge is 0.497 e. The number of nitrogens with zero attached hydrogens (tertiary/aromatic N) is 2. The molecule has 1 aliphatic rings. The molecule has 1 atom stereocenters. The minimum atomic E-state index is -4.63. The number of aryl methyl sites for hydroxylation is 2. The first kappa shape index (κ1) is 25.6. The summed E-state index contributed by atoms with van der Waals surface area (Å²) in [6.45, 7) is 2.27. The number of fused-ring (bicyclic) bond motifs is 2. The summed E-state index contributed by atoms with van der Waals surface area (Å²) in [6.07, 6.45) is -3.06. The van der Waals surface area contributed by atoms with Crippen LogP contribution in [0.2, 0.25) is 0 Å². The third-order valence-electron chi connectivity index (χ3n) is 7.06. The van der Waals surface area contributed by atoms with Crippen molar-refractivity contribution < 1.29 is 32.2 Å². The standard InChI is InChI=1S/C29H27F3N2O4/c1-17-19(9-7-18-8-11-22-20(14-27(35)37-3)16-38-26(22)13-18)5-4-6-24(17)34-25-12-10-21(36-2)15-23(25)33-28(34)29(30,31)32/h4-6,8,10-13,15,20H,7,9,14,16H2,1-3H3/t20-/m1/s1. The number of hydrogen-bond acceptors (Lipinski definition) is 5. The minimum Gasteiger partial charge on any atom is -0.497 e. The molecule has 4 aromatic rings. The molecule has 9 heteroatoms. The van der Waals surface area contributed by atoms with Crippen LogP contribution >= 0.6 is 0 Å². The first-order valence-corrected chi connectivity index (χ1v) is 12.2. The zero-order valence-corrected chi connectivity index (χ0v) is 21.3. The van der Waals surface area contributed by atoms with Gasteiger partial charge in [0.05, 0.1) is 44.0 Å². The highest BCUT2D eigenvalue weighted by atomic mass is 19.4. The summed E-state index contributed by atoms with van der Waals surface area (Å²) < 4.78 is 59.0. The molecule has 0 fully saturated rings. The van der Waals surface area contributed by atoms with Crippen LogP contribution in [0.25, 0.3) is 16.7 Å². The average molecular weight is 525 g/mol. The molecule has 0 amide bonds. The number of carbonyl (C=O) groups excluding carboxylic acids is 1. The fraction of sp³-hybridized carbons (Fsp3) is 0.310. The molecule has 0 N–H and O–H groups in total. The Morgan fingerprint density at radius 1 is 1.11 bits per heavy atom. The van der Waals surface area contributed by atoms with Crippen molar-refractivity contribution in [3.05, 3.63) is 82.7 Å². The van der Waals surface area contributed by atoms with Crippen LogP contribution in [-0.2, 0) is 28.5 Å². The second-order valence-corrected chi connectivity index (χ2v) is 9.34. The van der Waals surface area contributed by atoms with E-state index in [0.29, 0.717) is 36.4 Å². The lowest BCUT2D eigenvalue weighted by molar-refractivity contribution is -0.145. The second-order valence-electron chi connectivity index (χ2n) is 9.34. The van der Waals surface area contributed by atoms with Gasteiger partial charge in [-0.2, -0.15) is 13.2 Å². The lowest BCUT2D eigenvalue weighted by atomic mass is 9.94. The van der Waals surface area contributed by atoms with Crippen LogP contribution in [0, 0.1) is 6.92 Å². The molecule has 1 aromatic heterocycles. The molecule has 0 aliphatic carbocycles. The fourth-order valence-electron chi connectivity index (χ4n) is 5.01. The second kappa shape index (κ2) is 10.0. The number of methoxy groups -OCH3 is 2. The molecule has 198 valence electrons. The smallest absolute Gasteiger partial charge is 0.450 e. The van der Waals surface area contributed by atoms with E-state index in [4.69, 9.17) is 14.2 Å². The maximum Gasteiger partial charge on any atom is 0.450 e. The highest BCUT2D eigenvalue weighted by molar-refractivity contribution is 5.80. The molecule has 0 unspecified atom stereocenters. The Balaban J connectivity index is 1.43. The van der Waals surface area contributed by atoms with E-state index in [0.717, 1.165) is 28.0 Å². The first-order chi connectivity index (χ1) is 18.2. The molecule has 0 radical (unpaired) electrons. The number of imidazole rings is 1. The predicted octanol–water partition coefficient (Wildman–Crippen LogP) is 6.19. The van der Waals surface area contributed by atoms with Crippen LogP contribution < -0.4 is 9.47 Å². The Hall–Kier alpha value is -4.01. The van der Waals surface area contributed by atoms with Gasteiger partial charge in [0.2, 0.25) is 5.82 Å². The number of esters is 1. The van der Waals surface area contributed by atoms with Crippen molar-refractivity contribution in [2.75, 3.05) is 20.8 Å². The SMILES string of the molecule is COC(=O)C[C@@H]1COc2cc(CCc3cccc(-n4c(C(F)(F)F)nc5cc(OC)ccc54)c3C)ccc21. The first-order valence-electron chi connectivity index (χ1n) is 12.2. The van der Waals surface area contributed by atoms with Crippen LogP contribution in [0.4, 0.5) is 13.2 Å². The van der Waals surface area contributed by atoms with Crippen molar-refractivity contribution in [3.63, 3.8) is 0 Å². The molecular formula is C29H27F3N2O4. The average Bonchev–Trinajstić information content (AvgIpc) is 3.48. The van der Waals surface area contributed by atoms with Gasteiger partial charge in [0, 0.05) is 17.5 Å². The number of benzene rings is 3. The van der Waals surface area contributed by atoms with Gasteiger partial charge >= 0.3 is 12.1 Å².